The minimum Gasteiger partial charge on any atom is -0.454 e. The molecular formula is C17H25NO4. The molecule has 0 aliphatic rings. The van der Waals surface area contributed by atoms with Crippen LogP contribution in [0.1, 0.15) is 50.7 Å². The van der Waals surface area contributed by atoms with E-state index in [-0.39, 0.29) is 31.0 Å². The van der Waals surface area contributed by atoms with Crippen molar-refractivity contribution in [2.45, 2.75) is 39.5 Å². The van der Waals surface area contributed by atoms with Crippen LogP contribution < -0.4 is 5.32 Å². The zero-order valence-corrected chi connectivity index (χ0v) is 13.9. The molecule has 0 bridgehead atoms. The minimum atomic E-state index is -0.557. The zero-order valence-electron chi connectivity index (χ0n) is 13.9. The predicted octanol–water partition coefficient (Wildman–Crippen LogP) is 3.06. The van der Waals surface area contributed by atoms with Gasteiger partial charge in [0.1, 0.15) is 6.61 Å². The minimum absolute atomic E-state index is 0.160. The number of ether oxygens (including phenoxy) is 2. The third-order valence-electron chi connectivity index (χ3n) is 3.26. The first-order chi connectivity index (χ1) is 10.4. The molecule has 0 saturated heterocycles. The Bertz CT molecular complexity index is 497. The summed E-state index contributed by atoms with van der Waals surface area (Å²) in [5.41, 5.74) is 2.96. The summed E-state index contributed by atoms with van der Waals surface area (Å²) in [4.78, 5) is 23.3. The molecule has 22 heavy (non-hydrogen) atoms. The molecule has 1 aromatic rings. The Morgan fingerprint density at radius 1 is 1.05 bits per heavy atom. The molecule has 0 spiro atoms. The second kappa shape index (κ2) is 8.54. The van der Waals surface area contributed by atoms with Crippen molar-refractivity contribution >= 4 is 17.6 Å². The number of esters is 1. The molecule has 0 radical (unpaired) electrons. The summed E-state index contributed by atoms with van der Waals surface area (Å²) in [7, 11) is 1.40. The molecule has 0 heterocycles. The van der Waals surface area contributed by atoms with Gasteiger partial charge in [0.25, 0.3) is 5.91 Å². The van der Waals surface area contributed by atoms with Gasteiger partial charge in [-0.05, 0) is 23.0 Å². The lowest BCUT2D eigenvalue weighted by molar-refractivity contribution is -0.150. The van der Waals surface area contributed by atoms with E-state index in [4.69, 9.17) is 4.74 Å². The maximum atomic E-state index is 12.0. The van der Waals surface area contributed by atoms with Crippen molar-refractivity contribution in [3.8, 4) is 0 Å². The Balaban J connectivity index is 2.86. The highest BCUT2D eigenvalue weighted by Gasteiger charge is 2.16. The molecule has 1 aromatic carbocycles. The van der Waals surface area contributed by atoms with E-state index in [0.29, 0.717) is 0 Å². The summed E-state index contributed by atoms with van der Waals surface area (Å²) in [6.07, 6.45) is 0. The van der Waals surface area contributed by atoms with Crippen LogP contribution >= 0.6 is 0 Å². The van der Waals surface area contributed by atoms with E-state index < -0.39 is 5.97 Å². The molecule has 0 unspecified atom stereocenters. The van der Waals surface area contributed by atoms with E-state index in [0.717, 1.165) is 16.8 Å². The highest BCUT2D eigenvalue weighted by atomic mass is 16.6. The van der Waals surface area contributed by atoms with E-state index in [2.05, 4.69) is 37.7 Å². The fraction of sp³-hybridized carbons (Fsp3) is 0.529. The lowest BCUT2D eigenvalue weighted by Gasteiger charge is -2.20. The van der Waals surface area contributed by atoms with Crippen LogP contribution in [0.5, 0.6) is 0 Å². The molecule has 1 N–H and O–H groups in total. The van der Waals surface area contributed by atoms with Gasteiger partial charge < -0.3 is 14.8 Å². The zero-order chi connectivity index (χ0) is 16.7. The van der Waals surface area contributed by atoms with Crippen LogP contribution in [0, 0.1) is 0 Å². The summed E-state index contributed by atoms with van der Waals surface area (Å²) in [5.74, 6) is -0.339. The molecule has 1 amide bonds. The third kappa shape index (κ3) is 5.15. The van der Waals surface area contributed by atoms with Crippen LogP contribution in [0.15, 0.2) is 18.2 Å². The van der Waals surface area contributed by atoms with Crippen LogP contribution in [-0.4, -0.2) is 32.2 Å². The number of methoxy groups -OCH3 is 1. The number of benzene rings is 1. The molecule has 0 fully saturated rings. The van der Waals surface area contributed by atoms with E-state index in [9.17, 15) is 9.59 Å². The van der Waals surface area contributed by atoms with E-state index in [1.54, 1.807) is 0 Å². The van der Waals surface area contributed by atoms with Crippen molar-refractivity contribution in [1.82, 2.24) is 0 Å². The highest BCUT2D eigenvalue weighted by molar-refractivity contribution is 5.94. The topological polar surface area (TPSA) is 64.6 Å². The number of nitrogens with one attached hydrogen (secondary N) is 1. The first-order valence-corrected chi connectivity index (χ1v) is 7.44. The van der Waals surface area contributed by atoms with Crippen molar-refractivity contribution in [1.29, 1.82) is 0 Å². The summed E-state index contributed by atoms with van der Waals surface area (Å²) in [6.45, 7) is 7.84. The standard InChI is InChI=1S/C17H25NO4/c1-11(2)13-7-6-8-14(12(3)4)17(13)18-15(19)9-22-16(20)10-21-5/h6-8,11-12H,9-10H2,1-5H3,(H,18,19). The van der Waals surface area contributed by atoms with Crippen molar-refractivity contribution in [2.24, 2.45) is 0 Å². The lowest BCUT2D eigenvalue weighted by Crippen LogP contribution is -2.24. The number of para-hydroxylation sites is 1. The van der Waals surface area contributed by atoms with Crippen LogP contribution in [0.3, 0.4) is 0 Å². The normalized spacial score (nSPS) is 10.9. The van der Waals surface area contributed by atoms with E-state index >= 15 is 0 Å². The lowest BCUT2D eigenvalue weighted by atomic mass is 9.92. The van der Waals surface area contributed by atoms with E-state index in [1.807, 2.05) is 18.2 Å². The molecule has 5 heteroatoms. The van der Waals surface area contributed by atoms with Gasteiger partial charge in [0, 0.05) is 12.8 Å². The van der Waals surface area contributed by atoms with Crippen LogP contribution in [0.2, 0.25) is 0 Å². The van der Waals surface area contributed by atoms with Gasteiger partial charge in [-0.1, -0.05) is 45.9 Å². The molecule has 0 aliphatic heterocycles. The molecule has 122 valence electrons. The third-order valence-corrected chi connectivity index (χ3v) is 3.26. The fourth-order valence-corrected chi connectivity index (χ4v) is 2.18. The average Bonchev–Trinajstić information content (AvgIpc) is 2.45. The Hall–Kier alpha value is -1.88. The molecule has 0 aliphatic carbocycles. The van der Waals surface area contributed by atoms with Gasteiger partial charge in [0.05, 0.1) is 0 Å². The number of carbonyl (C=O) groups is 2. The van der Waals surface area contributed by atoms with Gasteiger partial charge in [0.2, 0.25) is 0 Å². The predicted molar refractivity (Wildman–Crippen MR) is 86.1 cm³/mol. The largest absolute Gasteiger partial charge is 0.454 e. The Labute approximate surface area is 132 Å². The molecule has 5 nitrogen and oxygen atoms in total. The van der Waals surface area contributed by atoms with Crippen LogP contribution in [0.25, 0.3) is 0 Å². The van der Waals surface area contributed by atoms with Crippen LogP contribution in [-0.2, 0) is 19.1 Å². The molecule has 0 saturated carbocycles. The van der Waals surface area contributed by atoms with Gasteiger partial charge in [-0.3, -0.25) is 4.79 Å². The SMILES string of the molecule is COCC(=O)OCC(=O)Nc1c(C(C)C)cccc1C(C)C. The number of anilines is 1. The Morgan fingerprint density at radius 3 is 2.05 bits per heavy atom. The number of rotatable bonds is 7. The number of hydrogen-bond acceptors (Lipinski definition) is 4. The number of carbonyl (C=O) groups excluding carboxylic acids is 2. The maximum absolute atomic E-state index is 12.0. The maximum Gasteiger partial charge on any atom is 0.332 e. The fourth-order valence-electron chi connectivity index (χ4n) is 2.18. The van der Waals surface area contributed by atoms with Crippen molar-refractivity contribution in [3.63, 3.8) is 0 Å². The second-order valence-corrected chi connectivity index (χ2v) is 5.76. The van der Waals surface area contributed by atoms with Gasteiger partial charge >= 0.3 is 5.97 Å². The number of amides is 1. The molecular weight excluding hydrogens is 282 g/mol. The smallest absolute Gasteiger partial charge is 0.332 e. The summed E-state index contributed by atoms with van der Waals surface area (Å²) < 4.78 is 9.49. The first-order valence-electron chi connectivity index (χ1n) is 7.44. The van der Waals surface area contributed by atoms with Gasteiger partial charge in [-0.2, -0.15) is 0 Å². The second-order valence-electron chi connectivity index (χ2n) is 5.76. The monoisotopic (exact) mass is 307 g/mol. The molecule has 0 aromatic heterocycles. The number of hydrogen-bond donors (Lipinski definition) is 1. The van der Waals surface area contributed by atoms with Gasteiger partial charge in [-0.15, -0.1) is 0 Å². The summed E-state index contributed by atoms with van der Waals surface area (Å²) in [5, 5.41) is 2.88. The Kier molecular flexibility index (Phi) is 7.05. The van der Waals surface area contributed by atoms with Crippen LogP contribution in [0.4, 0.5) is 5.69 Å². The average molecular weight is 307 g/mol. The van der Waals surface area contributed by atoms with Crippen molar-refractivity contribution in [2.75, 3.05) is 25.6 Å². The van der Waals surface area contributed by atoms with Gasteiger partial charge in [0.15, 0.2) is 6.61 Å². The van der Waals surface area contributed by atoms with E-state index in [1.165, 1.54) is 7.11 Å². The van der Waals surface area contributed by atoms with Gasteiger partial charge in [-0.25, -0.2) is 4.79 Å². The molecule has 0 atom stereocenters. The molecule has 1 rings (SSSR count). The quantitative estimate of drug-likeness (QED) is 0.786. The summed E-state index contributed by atoms with van der Waals surface area (Å²) >= 11 is 0. The Morgan fingerprint density at radius 2 is 1.59 bits per heavy atom. The summed E-state index contributed by atoms with van der Waals surface area (Å²) in [6, 6.07) is 6.01. The van der Waals surface area contributed by atoms with Crippen molar-refractivity contribution < 1.29 is 19.1 Å². The van der Waals surface area contributed by atoms with Crippen molar-refractivity contribution in [3.05, 3.63) is 29.3 Å². The first kappa shape index (κ1) is 18.2. The highest BCUT2D eigenvalue weighted by Crippen LogP contribution is 2.32.